The zero-order valence-electron chi connectivity index (χ0n) is 12.3. The Bertz CT molecular complexity index is 857. The van der Waals surface area contributed by atoms with Crippen LogP contribution in [0.15, 0.2) is 24.4 Å². The molecule has 1 N–H and O–H groups in total. The number of H-pyrrole nitrogens is 1. The maximum Gasteiger partial charge on any atom is 0.357 e. The van der Waals surface area contributed by atoms with Crippen LogP contribution in [0.3, 0.4) is 0 Å². The predicted octanol–water partition coefficient (Wildman–Crippen LogP) is 3.18. The Labute approximate surface area is 126 Å². The summed E-state index contributed by atoms with van der Waals surface area (Å²) in [6.45, 7) is 2.10. The summed E-state index contributed by atoms with van der Waals surface area (Å²) >= 11 is 0. The van der Waals surface area contributed by atoms with Gasteiger partial charge in [-0.15, -0.1) is 0 Å². The van der Waals surface area contributed by atoms with Gasteiger partial charge in [0, 0.05) is 29.0 Å². The van der Waals surface area contributed by atoms with Gasteiger partial charge in [0.05, 0.1) is 24.9 Å². The minimum absolute atomic E-state index is 0.139. The van der Waals surface area contributed by atoms with Crippen LogP contribution < -0.4 is 0 Å². The van der Waals surface area contributed by atoms with Crippen LogP contribution in [0, 0.1) is 5.82 Å². The summed E-state index contributed by atoms with van der Waals surface area (Å²) in [5, 5.41) is 1.03. The number of benzene rings is 1. The van der Waals surface area contributed by atoms with Crippen molar-refractivity contribution in [2.75, 3.05) is 13.7 Å². The maximum absolute atomic E-state index is 14.3. The molecule has 114 valence electrons. The number of halogens is 1. The van der Waals surface area contributed by atoms with E-state index in [9.17, 15) is 9.18 Å². The molecule has 0 aliphatic heterocycles. The third-order valence-electron chi connectivity index (χ3n) is 3.47. The summed E-state index contributed by atoms with van der Waals surface area (Å²) in [7, 11) is 1.51. The second kappa shape index (κ2) is 5.73. The standard InChI is InChI=1S/C16H15FN2O3/c1-3-22-16(20)15-9(8-21-2)13-12(7-18-15)19-11-6-4-5-10(17)14(11)13/h4-7,19H,3,8H2,1-2H3. The van der Waals surface area contributed by atoms with Gasteiger partial charge in [0.1, 0.15) is 5.82 Å². The molecule has 1 aromatic carbocycles. The van der Waals surface area contributed by atoms with Crippen LogP contribution in [0.4, 0.5) is 4.39 Å². The van der Waals surface area contributed by atoms with Crippen LogP contribution in [0.1, 0.15) is 23.0 Å². The minimum Gasteiger partial charge on any atom is -0.461 e. The Morgan fingerprint density at radius 3 is 2.86 bits per heavy atom. The second-order valence-corrected chi connectivity index (χ2v) is 4.81. The van der Waals surface area contributed by atoms with Gasteiger partial charge in [0.2, 0.25) is 0 Å². The van der Waals surface area contributed by atoms with Crippen molar-refractivity contribution in [3.63, 3.8) is 0 Å². The average Bonchev–Trinajstić information content (AvgIpc) is 2.88. The van der Waals surface area contributed by atoms with Gasteiger partial charge in [-0.2, -0.15) is 0 Å². The second-order valence-electron chi connectivity index (χ2n) is 4.81. The molecule has 6 heteroatoms. The molecule has 0 amide bonds. The summed E-state index contributed by atoms with van der Waals surface area (Å²) in [6.07, 6.45) is 1.51. The van der Waals surface area contributed by atoms with Crippen molar-refractivity contribution in [2.24, 2.45) is 0 Å². The number of carbonyl (C=O) groups excluding carboxylic acids is 1. The number of nitrogens with one attached hydrogen (secondary N) is 1. The van der Waals surface area contributed by atoms with Crippen molar-refractivity contribution in [2.45, 2.75) is 13.5 Å². The first-order valence-electron chi connectivity index (χ1n) is 6.91. The van der Waals surface area contributed by atoms with Crippen molar-refractivity contribution >= 4 is 27.8 Å². The molecule has 3 aromatic rings. The highest BCUT2D eigenvalue weighted by Crippen LogP contribution is 2.32. The van der Waals surface area contributed by atoms with Crippen LogP contribution in [-0.2, 0) is 16.1 Å². The van der Waals surface area contributed by atoms with Gasteiger partial charge in [0.25, 0.3) is 0 Å². The maximum atomic E-state index is 14.3. The molecule has 2 heterocycles. The van der Waals surface area contributed by atoms with Gasteiger partial charge < -0.3 is 14.5 Å². The molecule has 0 bridgehead atoms. The first-order chi connectivity index (χ1) is 10.7. The van der Waals surface area contributed by atoms with Crippen LogP contribution in [-0.4, -0.2) is 29.7 Å². The van der Waals surface area contributed by atoms with Gasteiger partial charge in [0.15, 0.2) is 5.69 Å². The topological polar surface area (TPSA) is 64.2 Å². The highest BCUT2D eigenvalue weighted by atomic mass is 19.1. The number of hydrogen-bond acceptors (Lipinski definition) is 4. The Morgan fingerprint density at radius 1 is 1.32 bits per heavy atom. The summed E-state index contributed by atoms with van der Waals surface area (Å²) in [6, 6.07) is 4.79. The van der Waals surface area contributed by atoms with Gasteiger partial charge in [-0.1, -0.05) is 6.07 Å². The SMILES string of the molecule is CCOC(=O)c1ncc2[nH]c3cccc(F)c3c2c1COC. The molecule has 0 aliphatic rings. The highest BCUT2D eigenvalue weighted by molar-refractivity contribution is 6.11. The van der Waals surface area contributed by atoms with E-state index in [1.54, 1.807) is 19.1 Å². The Kier molecular flexibility index (Phi) is 3.77. The molecule has 0 radical (unpaired) electrons. The van der Waals surface area contributed by atoms with Gasteiger partial charge in [-0.25, -0.2) is 14.2 Å². The number of aromatic amines is 1. The largest absolute Gasteiger partial charge is 0.461 e. The van der Waals surface area contributed by atoms with Crippen molar-refractivity contribution in [3.05, 3.63) is 41.5 Å². The van der Waals surface area contributed by atoms with E-state index in [-0.39, 0.29) is 24.7 Å². The van der Waals surface area contributed by atoms with Crippen LogP contribution in [0.25, 0.3) is 21.8 Å². The average molecular weight is 302 g/mol. The zero-order chi connectivity index (χ0) is 15.7. The molecule has 0 fully saturated rings. The molecule has 0 saturated heterocycles. The predicted molar refractivity (Wildman–Crippen MR) is 80.2 cm³/mol. The fourth-order valence-corrected chi connectivity index (χ4v) is 2.62. The highest BCUT2D eigenvalue weighted by Gasteiger charge is 2.21. The molecule has 0 saturated carbocycles. The lowest BCUT2D eigenvalue weighted by atomic mass is 10.1. The van der Waals surface area contributed by atoms with E-state index in [4.69, 9.17) is 9.47 Å². The van der Waals surface area contributed by atoms with Crippen molar-refractivity contribution in [1.82, 2.24) is 9.97 Å². The smallest absolute Gasteiger partial charge is 0.357 e. The van der Waals surface area contributed by atoms with E-state index in [0.29, 0.717) is 27.4 Å². The molecule has 5 nitrogen and oxygen atoms in total. The summed E-state index contributed by atoms with van der Waals surface area (Å²) < 4.78 is 24.5. The molecular weight excluding hydrogens is 287 g/mol. The number of aromatic nitrogens is 2. The first-order valence-corrected chi connectivity index (χ1v) is 6.91. The molecular formula is C16H15FN2O3. The van der Waals surface area contributed by atoms with Crippen LogP contribution in [0.5, 0.6) is 0 Å². The number of fused-ring (bicyclic) bond motifs is 3. The molecule has 0 spiro atoms. The van der Waals surface area contributed by atoms with Crippen LogP contribution >= 0.6 is 0 Å². The van der Waals surface area contributed by atoms with Crippen LogP contribution in [0.2, 0.25) is 0 Å². The summed E-state index contributed by atoms with van der Waals surface area (Å²) in [5.74, 6) is -0.899. The number of esters is 1. The van der Waals surface area contributed by atoms with E-state index in [2.05, 4.69) is 9.97 Å². The van der Waals surface area contributed by atoms with E-state index >= 15 is 0 Å². The Balaban J connectivity index is 2.37. The Morgan fingerprint density at radius 2 is 2.14 bits per heavy atom. The number of hydrogen-bond donors (Lipinski definition) is 1. The lowest BCUT2D eigenvalue weighted by Crippen LogP contribution is -2.11. The summed E-state index contributed by atoms with van der Waals surface area (Å²) in [4.78, 5) is 19.3. The van der Waals surface area contributed by atoms with E-state index < -0.39 is 5.97 Å². The lowest BCUT2D eigenvalue weighted by molar-refractivity contribution is 0.0514. The Hall–Kier alpha value is -2.47. The number of rotatable bonds is 4. The fourth-order valence-electron chi connectivity index (χ4n) is 2.62. The molecule has 0 aliphatic carbocycles. The van der Waals surface area contributed by atoms with Gasteiger partial charge in [-0.3, -0.25) is 0 Å². The normalized spacial score (nSPS) is 11.2. The zero-order valence-corrected chi connectivity index (χ0v) is 12.3. The third-order valence-corrected chi connectivity index (χ3v) is 3.47. The first kappa shape index (κ1) is 14.5. The number of methoxy groups -OCH3 is 1. The number of ether oxygens (including phenoxy) is 2. The minimum atomic E-state index is -0.540. The fraction of sp³-hybridized carbons (Fsp3) is 0.250. The molecule has 22 heavy (non-hydrogen) atoms. The number of carbonyl (C=O) groups is 1. The van der Waals surface area contributed by atoms with Gasteiger partial charge in [-0.05, 0) is 19.1 Å². The molecule has 0 atom stereocenters. The van der Waals surface area contributed by atoms with E-state index in [1.165, 1.54) is 19.4 Å². The monoisotopic (exact) mass is 302 g/mol. The van der Waals surface area contributed by atoms with Crippen molar-refractivity contribution in [3.8, 4) is 0 Å². The summed E-state index contributed by atoms with van der Waals surface area (Å²) in [5.41, 5.74) is 1.98. The van der Waals surface area contributed by atoms with E-state index in [0.717, 1.165) is 0 Å². The molecule has 3 rings (SSSR count). The number of nitrogens with zero attached hydrogens (tertiary/aromatic N) is 1. The van der Waals surface area contributed by atoms with Crippen molar-refractivity contribution < 1.29 is 18.7 Å². The van der Waals surface area contributed by atoms with Crippen molar-refractivity contribution in [1.29, 1.82) is 0 Å². The quantitative estimate of drug-likeness (QED) is 0.752. The molecule has 0 unspecified atom stereocenters. The number of pyridine rings is 1. The molecule has 2 aromatic heterocycles. The van der Waals surface area contributed by atoms with Gasteiger partial charge >= 0.3 is 5.97 Å². The lowest BCUT2D eigenvalue weighted by Gasteiger charge is -2.09. The third kappa shape index (κ3) is 2.21. The van der Waals surface area contributed by atoms with E-state index in [1.807, 2.05) is 0 Å².